The first-order valence-corrected chi connectivity index (χ1v) is 13.4. The van der Waals surface area contributed by atoms with Gasteiger partial charge in [-0.1, -0.05) is 73.1 Å². The molecular weight excluding hydrogens is 368 g/mol. The van der Waals surface area contributed by atoms with Gasteiger partial charge < -0.3 is 10.6 Å². The number of hydrogen-bond donors (Lipinski definition) is 2. The number of unbranched alkanes of at least 4 members (excludes halogenated alkanes) is 2. The van der Waals surface area contributed by atoms with Crippen molar-refractivity contribution in [3.8, 4) is 0 Å². The van der Waals surface area contributed by atoms with Crippen LogP contribution in [0, 0.1) is 11.8 Å². The molecule has 1 rings (SSSR count). The Morgan fingerprint density at radius 3 is 1.70 bits per heavy atom. The van der Waals surface area contributed by atoms with E-state index in [1.807, 2.05) is 0 Å². The van der Waals surface area contributed by atoms with Gasteiger partial charge in [-0.2, -0.15) is 0 Å². The Hall–Kier alpha value is -0.160. The van der Waals surface area contributed by atoms with Crippen molar-refractivity contribution < 1.29 is 0 Å². The van der Waals surface area contributed by atoms with Crippen LogP contribution in [-0.4, -0.2) is 67.8 Å². The van der Waals surface area contributed by atoms with Gasteiger partial charge in [-0.15, -0.1) is 0 Å². The van der Waals surface area contributed by atoms with Gasteiger partial charge in [0.15, 0.2) is 0 Å². The molecule has 2 atom stereocenters. The third-order valence-corrected chi connectivity index (χ3v) is 6.94. The van der Waals surface area contributed by atoms with Crippen LogP contribution >= 0.6 is 0 Å². The van der Waals surface area contributed by atoms with Crippen LogP contribution in [0.4, 0.5) is 0 Å². The predicted molar refractivity (Wildman–Crippen MR) is 134 cm³/mol. The fourth-order valence-corrected chi connectivity index (χ4v) is 5.10. The van der Waals surface area contributed by atoms with Gasteiger partial charge in [-0.05, 0) is 44.6 Å². The zero-order chi connectivity index (χ0) is 22.2. The van der Waals surface area contributed by atoms with E-state index < -0.39 is 0 Å². The SMILES string of the molecule is CCCCC(CC)CN1CN(CC(CC)CCCC)CC(C)(NCCNCCC)C1. The first-order chi connectivity index (χ1) is 14.5. The minimum atomic E-state index is 0.193. The van der Waals surface area contributed by atoms with E-state index in [2.05, 4.69) is 62.0 Å². The van der Waals surface area contributed by atoms with Gasteiger partial charge in [0, 0.05) is 44.8 Å². The summed E-state index contributed by atoms with van der Waals surface area (Å²) in [5.41, 5.74) is 0.193. The van der Waals surface area contributed by atoms with Crippen molar-refractivity contribution in [2.24, 2.45) is 11.8 Å². The third-order valence-electron chi connectivity index (χ3n) is 6.94. The average Bonchev–Trinajstić information content (AvgIpc) is 2.73. The van der Waals surface area contributed by atoms with Crippen molar-refractivity contribution in [1.29, 1.82) is 0 Å². The van der Waals surface area contributed by atoms with E-state index in [4.69, 9.17) is 0 Å². The third kappa shape index (κ3) is 11.5. The fourth-order valence-electron chi connectivity index (χ4n) is 5.10. The molecule has 1 aliphatic heterocycles. The summed E-state index contributed by atoms with van der Waals surface area (Å²) in [7, 11) is 0. The molecule has 2 unspecified atom stereocenters. The highest BCUT2D eigenvalue weighted by atomic mass is 15.4. The van der Waals surface area contributed by atoms with Crippen molar-refractivity contribution >= 4 is 0 Å². The van der Waals surface area contributed by atoms with Crippen LogP contribution in [0.3, 0.4) is 0 Å². The monoisotopic (exact) mass is 424 g/mol. The zero-order valence-corrected chi connectivity index (χ0v) is 21.6. The quantitative estimate of drug-likeness (QED) is 0.291. The summed E-state index contributed by atoms with van der Waals surface area (Å²) in [5.74, 6) is 1.70. The Morgan fingerprint density at radius 1 is 0.733 bits per heavy atom. The Labute approximate surface area is 189 Å². The molecule has 1 heterocycles. The van der Waals surface area contributed by atoms with Gasteiger partial charge in [0.25, 0.3) is 0 Å². The zero-order valence-electron chi connectivity index (χ0n) is 21.6. The maximum atomic E-state index is 3.94. The van der Waals surface area contributed by atoms with E-state index in [-0.39, 0.29) is 5.54 Å². The first-order valence-electron chi connectivity index (χ1n) is 13.4. The van der Waals surface area contributed by atoms with Crippen LogP contribution in [0.15, 0.2) is 0 Å². The van der Waals surface area contributed by atoms with Crippen LogP contribution in [0.1, 0.15) is 99.3 Å². The van der Waals surface area contributed by atoms with Gasteiger partial charge in [0.1, 0.15) is 0 Å². The van der Waals surface area contributed by atoms with Crippen LogP contribution in [-0.2, 0) is 0 Å². The van der Waals surface area contributed by atoms with Crippen LogP contribution < -0.4 is 10.6 Å². The smallest absolute Gasteiger partial charge is 0.0507 e. The highest BCUT2D eigenvalue weighted by molar-refractivity contribution is 4.94. The molecule has 0 bridgehead atoms. The lowest BCUT2D eigenvalue weighted by Gasteiger charge is -2.48. The van der Waals surface area contributed by atoms with Crippen molar-refractivity contribution in [3.63, 3.8) is 0 Å². The van der Waals surface area contributed by atoms with Gasteiger partial charge in [-0.3, -0.25) is 9.80 Å². The Kier molecular flexibility index (Phi) is 15.3. The molecule has 0 aromatic rings. The normalized spacial score (nSPS) is 23.0. The maximum absolute atomic E-state index is 3.94. The second-order valence-corrected chi connectivity index (χ2v) is 10.2. The predicted octanol–water partition coefficient (Wildman–Crippen LogP) is 5.34. The Balaban J connectivity index is 2.73. The summed E-state index contributed by atoms with van der Waals surface area (Å²) in [6.45, 7) is 23.5. The molecule has 1 aliphatic rings. The van der Waals surface area contributed by atoms with E-state index in [0.29, 0.717) is 0 Å². The van der Waals surface area contributed by atoms with Crippen molar-refractivity contribution in [1.82, 2.24) is 20.4 Å². The molecule has 0 amide bonds. The summed E-state index contributed by atoms with van der Waals surface area (Å²) in [6, 6.07) is 0. The van der Waals surface area contributed by atoms with Gasteiger partial charge in [0.05, 0.1) is 6.67 Å². The van der Waals surface area contributed by atoms with Gasteiger partial charge in [-0.25, -0.2) is 0 Å². The first kappa shape index (κ1) is 27.9. The minimum Gasteiger partial charge on any atom is -0.315 e. The maximum Gasteiger partial charge on any atom is 0.0507 e. The molecule has 0 spiro atoms. The minimum absolute atomic E-state index is 0.193. The van der Waals surface area contributed by atoms with Crippen LogP contribution in [0.5, 0.6) is 0 Å². The van der Waals surface area contributed by atoms with E-state index >= 15 is 0 Å². The molecule has 1 fully saturated rings. The molecular formula is C26H56N4. The lowest BCUT2D eigenvalue weighted by molar-refractivity contribution is 0.00520. The number of nitrogens with zero attached hydrogens (tertiary/aromatic N) is 2. The Morgan fingerprint density at radius 2 is 1.27 bits per heavy atom. The molecule has 0 saturated carbocycles. The van der Waals surface area contributed by atoms with E-state index in [1.54, 1.807) is 0 Å². The average molecular weight is 425 g/mol. The highest BCUT2D eigenvalue weighted by Gasteiger charge is 2.35. The van der Waals surface area contributed by atoms with E-state index in [1.165, 1.54) is 84.0 Å². The highest BCUT2D eigenvalue weighted by Crippen LogP contribution is 2.23. The molecule has 1 saturated heterocycles. The molecule has 2 N–H and O–H groups in total. The summed E-state index contributed by atoms with van der Waals surface area (Å²) < 4.78 is 0. The largest absolute Gasteiger partial charge is 0.315 e. The summed E-state index contributed by atoms with van der Waals surface area (Å²) in [4.78, 5) is 5.54. The molecule has 30 heavy (non-hydrogen) atoms. The molecule has 0 aromatic carbocycles. The lowest BCUT2D eigenvalue weighted by atomic mass is 9.93. The number of nitrogens with one attached hydrogen (secondary N) is 2. The topological polar surface area (TPSA) is 30.5 Å². The van der Waals surface area contributed by atoms with Crippen molar-refractivity contribution in [2.75, 3.05) is 52.5 Å². The summed E-state index contributed by atoms with van der Waals surface area (Å²) >= 11 is 0. The number of rotatable bonds is 18. The fraction of sp³-hybridized carbons (Fsp3) is 1.00. The Bertz CT molecular complexity index is 374. The second kappa shape index (κ2) is 16.5. The lowest BCUT2D eigenvalue weighted by Crippen LogP contribution is -2.65. The van der Waals surface area contributed by atoms with Crippen LogP contribution in [0.25, 0.3) is 0 Å². The molecule has 0 aliphatic carbocycles. The van der Waals surface area contributed by atoms with Crippen LogP contribution in [0.2, 0.25) is 0 Å². The molecule has 0 radical (unpaired) electrons. The molecule has 4 heteroatoms. The summed E-state index contributed by atoms with van der Waals surface area (Å²) in [6.07, 6.45) is 12.0. The van der Waals surface area contributed by atoms with Gasteiger partial charge >= 0.3 is 0 Å². The van der Waals surface area contributed by atoms with Crippen molar-refractivity contribution in [3.05, 3.63) is 0 Å². The van der Waals surface area contributed by atoms with Gasteiger partial charge in [0.2, 0.25) is 0 Å². The standard InChI is InChI=1S/C26H56N4/c1-7-12-14-24(10-4)19-29-21-26(6,28-18-17-27-16-9-3)22-30(23-29)20-25(11-5)15-13-8-2/h24-25,27-28H,7-23H2,1-6H3. The van der Waals surface area contributed by atoms with Crippen molar-refractivity contribution in [2.45, 2.75) is 105 Å². The summed E-state index contributed by atoms with van der Waals surface area (Å²) in [5, 5.41) is 7.49. The molecule has 0 aromatic heterocycles. The molecule has 180 valence electrons. The number of hydrogen-bond acceptors (Lipinski definition) is 4. The molecule has 4 nitrogen and oxygen atoms in total. The second-order valence-electron chi connectivity index (χ2n) is 10.2. The van der Waals surface area contributed by atoms with E-state index in [0.717, 1.165) is 38.1 Å². The van der Waals surface area contributed by atoms with E-state index in [9.17, 15) is 0 Å².